The number of nitrogens with two attached hydrogens (primary N) is 1. The van der Waals surface area contributed by atoms with Gasteiger partial charge in [-0.15, -0.1) is 0 Å². The van der Waals surface area contributed by atoms with Gasteiger partial charge in [0.1, 0.15) is 5.54 Å². The minimum absolute atomic E-state index is 0.0687. The summed E-state index contributed by atoms with van der Waals surface area (Å²) in [5.41, 5.74) is 6.08. The fraction of sp³-hybridized carbons (Fsp3) is 0.429. The highest BCUT2D eigenvalue weighted by atomic mass is 16.4. The molecule has 1 heterocycles. The molecule has 1 aliphatic heterocycles. The van der Waals surface area contributed by atoms with Crippen LogP contribution in [0.5, 0.6) is 0 Å². The zero-order valence-corrected chi connectivity index (χ0v) is 10.9. The predicted octanol–water partition coefficient (Wildman–Crippen LogP) is 0.877. The van der Waals surface area contributed by atoms with Gasteiger partial charge in [0.05, 0.1) is 0 Å². The number of rotatable bonds is 3. The first-order valence-electron chi connectivity index (χ1n) is 6.37. The molecule has 1 aromatic rings. The number of hydrogen-bond acceptors (Lipinski definition) is 3. The third kappa shape index (κ3) is 2.46. The Morgan fingerprint density at radius 2 is 2.11 bits per heavy atom. The Morgan fingerprint density at radius 1 is 1.42 bits per heavy atom. The number of nitrogens with zero attached hydrogens (tertiary/aromatic N) is 1. The number of aryl methyl sites for hydroxylation is 1. The summed E-state index contributed by atoms with van der Waals surface area (Å²) in [6.45, 7) is 2.44. The van der Waals surface area contributed by atoms with E-state index in [9.17, 15) is 9.59 Å². The summed E-state index contributed by atoms with van der Waals surface area (Å²) >= 11 is 0. The van der Waals surface area contributed by atoms with Crippen molar-refractivity contribution >= 4 is 11.9 Å². The van der Waals surface area contributed by atoms with E-state index in [-0.39, 0.29) is 12.5 Å². The Bertz CT molecular complexity index is 515. The molecule has 5 nitrogen and oxygen atoms in total. The number of carbonyl (C=O) groups excluding carboxylic acids is 1. The largest absolute Gasteiger partial charge is 0.480 e. The summed E-state index contributed by atoms with van der Waals surface area (Å²) in [6.07, 6.45) is 1.06. The standard InChI is InChI=1S/C14H18N2O3/c1-2-10-5-3-4-6-11(10)12(17)16-8-7-14(15,9-16)13(18)19/h3-6H,2,7-9,15H2,1H3,(H,18,19). The maximum absolute atomic E-state index is 12.4. The summed E-state index contributed by atoms with van der Waals surface area (Å²) in [5, 5.41) is 9.08. The highest BCUT2D eigenvalue weighted by Gasteiger charge is 2.43. The number of carboxylic acid groups (broad SMARTS) is 1. The zero-order chi connectivity index (χ0) is 14.0. The van der Waals surface area contributed by atoms with Gasteiger partial charge in [0.25, 0.3) is 5.91 Å². The van der Waals surface area contributed by atoms with Gasteiger partial charge in [-0.05, 0) is 24.5 Å². The molecule has 1 fully saturated rings. The Balaban J connectivity index is 2.20. The number of aliphatic carboxylic acids is 1. The Labute approximate surface area is 112 Å². The summed E-state index contributed by atoms with van der Waals surface area (Å²) in [7, 11) is 0. The van der Waals surface area contributed by atoms with E-state index in [1.165, 1.54) is 4.90 Å². The molecule has 19 heavy (non-hydrogen) atoms. The first-order chi connectivity index (χ1) is 8.98. The van der Waals surface area contributed by atoms with Gasteiger partial charge in [-0.25, -0.2) is 0 Å². The van der Waals surface area contributed by atoms with Crippen molar-refractivity contribution in [2.24, 2.45) is 5.73 Å². The molecule has 0 radical (unpaired) electrons. The monoisotopic (exact) mass is 262 g/mol. The SMILES string of the molecule is CCc1ccccc1C(=O)N1CCC(N)(C(=O)O)C1. The lowest BCUT2D eigenvalue weighted by Crippen LogP contribution is -2.50. The minimum Gasteiger partial charge on any atom is -0.480 e. The molecular weight excluding hydrogens is 244 g/mol. The van der Waals surface area contributed by atoms with Crippen LogP contribution in [0.3, 0.4) is 0 Å². The van der Waals surface area contributed by atoms with Crippen molar-refractivity contribution in [1.29, 1.82) is 0 Å². The normalized spacial score (nSPS) is 22.5. The number of likely N-dealkylation sites (tertiary alicyclic amines) is 1. The second-order valence-corrected chi connectivity index (χ2v) is 4.95. The Kier molecular flexibility index (Phi) is 3.57. The van der Waals surface area contributed by atoms with Crippen molar-refractivity contribution in [3.63, 3.8) is 0 Å². The van der Waals surface area contributed by atoms with E-state index in [1.807, 2.05) is 25.1 Å². The van der Waals surface area contributed by atoms with E-state index in [0.717, 1.165) is 12.0 Å². The molecule has 1 amide bonds. The van der Waals surface area contributed by atoms with Crippen LogP contribution in [0.15, 0.2) is 24.3 Å². The van der Waals surface area contributed by atoms with Crippen LogP contribution < -0.4 is 5.73 Å². The van der Waals surface area contributed by atoms with Crippen LogP contribution in [-0.2, 0) is 11.2 Å². The van der Waals surface area contributed by atoms with Gasteiger partial charge in [-0.1, -0.05) is 25.1 Å². The van der Waals surface area contributed by atoms with E-state index in [0.29, 0.717) is 18.5 Å². The van der Waals surface area contributed by atoms with Crippen molar-refractivity contribution in [3.8, 4) is 0 Å². The maximum atomic E-state index is 12.4. The van der Waals surface area contributed by atoms with Crippen molar-refractivity contribution in [2.45, 2.75) is 25.3 Å². The smallest absolute Gasteiger partial charge is 0.325 e. The third-order valence-electron chi connectivity index (χ3n) is 3.64. The summed E-state index contributed by atoms with van der Waals surface area (Å²) < 4.78 is 0. The first-order valence-corrected chi connectivity index (χ1v) is 6.37. The van der Waals surface area contributed by atoms with Crippen LogP contribution in [0.4, 0.5) is 0 Å². The van der Waals surface area contributed by atoms with Crippen molar-refractivity contribution in [3.05, 3.63) is 35.4 Å². The lowest BCUT2D eigenvalue weighted by atomic mass is 10.0. The second-order valence-electron chi connectivity index (χ2n) is 4.95. The lowest BCUT2D eigenvalue weighted by Gasteiger charge is -2.21. The first kappa shape index (κ1) is 13.5. The van der Waals surface area contributed by atoms with E-state index < -0.39 is 11.5 Å². The molecule has 1 unspecified atom stereocenters. The number of benzene rings is 1. The van der Waals surface area contributed by atoms with E-state index in [1.54, 1.807) is 6.07 Å². The molecule has 5 heteroatoms. The molecule has 102 valence electrons. The molecule has 0 saturated carbocycles. The molecule has 0 spiro atoms. The van der Waals surface area contributed by atoms with E-state index in [4.69, 9.17) is 10.8 Å². The van der Waals surface area contributed by atoms with E-state index >= 15 is 0 Å². The number of carboxylic acids is 1. The van der Waals surface area contributed by atoms with Gasteiger partial charge in [-0.2, -0.15) is 0 Å². The fourth-order valence-corrected chi connectivity index (χ4v) is 2.39. The average Bonchev–Trinajstić information content (AvgIpc) is 2.82. The molecule has 0 aliphatic carbocycles. The second kappa shape index (κ2) is 5.01. The van der Waals surface area contributed by atoms with Crippen molar-refractivity contribution in [1.82, 2.24) is 4.90 Å². The molecule has 0 bridgehead atoms. The maximum Gasteiger partial charge on any atom is 0.325 e. The quantitative estimate of drug-likeness (QED) is 0.847. The zero-order valence-electron chi connectivity index (χ0n) is 10.9. The van der Waals surface area contributed by atoms with Crippen molar-refractivity contribution < 1.29 is 14.7 Å². The summed E-state index contributed by atoms with van der Waals surface area (Å²) in [4.78, 5) is 25.0. The highest BCUT2D eigenvalue weighted by Crippen LogP contribution is 2.22. The number of amides is 1. The van der Waals surface area contributed by atoms with Gasteiger partial charge in [-0.3, -0.25) is 9.59 Å². The molecule has 0 aromatic heterocycles. The van der Waals surface area contributed by atoms with Crippen LogP contribution in [0.1, 0.15) is 29.3 Å². The number of carbonyl (C=O) groups is 2. The van der Waals surface area contributed by atoms with Crippen LogP contribution in [0, 0.1) is 0 Å². The molecular formula is C14H18N2O3. The lowest BCUT2D eigenvalue weighted by molar-refractivity contribution is -0.142. The van der Waals surface area contributed by atoms with Crippen LogP contribution in [0.25, 0.3) is 0 Å². The topological polar surface area (TPSA) is 83.6 Å². The molecule has 2 rings (SSSR count). The van der Waals surface area contributed by atoms with Crippen LogP contribution >= 0.6 is 0 Å². The van der Waals surface area contributed by atoms with Gasteiger partial charge in [0.15, 0.2) is 0 Å². The van der Waals surface area contributed by atoms with Gasteiger partial charge < -0.3 is 15.7 Å². The molecule has 1 saturated heterocycles. The third-order valence-corrected chi connectivity index (χ3v) is 3.64. The van der Waals surface area contributed by atoms with Crippen molar-refractivity contribution in [2.75, 3.05) is 13.1 Å². The molecule has 1 atom stereocenters. The summed E-state index contributed by atoms with van der Waals surface area (Å²) in [6, 6.07) is 7.40. The minimum atomic E-state index is -1.31. The molecule has 1 aliphatic rings. The van der Waals surface area contributed by atoms with Gasteiger partial charge >= 0.3 is 5.97 Å². The van der Waals surface area contributed by atoms with E-state index in [2.05, 4.69) is 0 Å². The predicted molar refractivity (Wildman–Crippen MR) is 70.9 cm³/mol. The van der Waals surface area contributed by atoms with Gasteiger partial charge in [0, 0.05) is 18.7 Å². The number of hydrogen-bond donors (Lipinski definition) is 2. The highest BCUT2D eigenvalue weighted by molar-refractivity contribution is 5.96. The Morgan fingerprint density at radius 3 is 2.68 bits per heavy atom. The van der Waals surface area contributed by atoms with Crippen LogP contribution in [0.2, 0.25) is 0 Å². The fourth-order valence-electron chi connectivity index (χ4n) is 2.39. The Hall–Kier alpha value is -1.88. The van der Waals surface area contributed by atoms with Gasteiger partial charge in [0.2, 0.25) is 0 Å². The molecule has 3 N–H and O–H groups in total. The van der Waals surface area contributed by atoms with Crippen LogP contribution in [-0.4, -0.2) is 40.5 Å². The molecule has 1 aromatic carbocycles. The summed E-state index contributed by atoms with van der Waals surface area (Å²) in [5.74, 6) is -1.18. The average molecular weight is 262 g/mol.